The normalized spacial score (nSPS) is 21.4. The summed E-state index contributed by atoms with van der Waals surface area (Å²) >= 11 is 0. The van der Waals surface area contributed by atoms with E-state index < -0.39 is 49.2 Å². The third-order valence-electron chi connectivity index (χ3n) is 2.39. The van der Waals surface area contributed by atoms with Crippen molar-refractivity contribution in [3.63, 3.8) is 0 Å². The summed E-state index contributed by atoms with van der Waals surface area (Å²) in [5, 5.41) is 36.1. The molecule has 0 aromatic carbocycles. The molecule has 0 radical (unpaired) electrons. The Morgan fingerprint density at radius 1 is 1.35 bits per heavy atom. The van der Waals surface area contributed by atoms with Gasteiger partial charge >= 0.3 is 11.9 Å². The number of hydrogen-bond acceptors (Lipinski definition) is 9. The minimum atomic E-state index is -1.82. The third kappa shape index (κ3) is 3.45. The Bertz CT molecular complexity index is 403. The number of carbonyl (C=O) groups excluding carboxylic acids is 2. The van der Waals surface area contributed by atoms with E-state index in [0.717, 1.165) is 0 Å². The first-order chi connectivity index (χ1) is 9.46. The molecular weight excluding hydrogens is 276 g/mol. The predicted octanol–water partition coefficient (Wildman–Crippen LogP) is -2.59. The molecule has 4 N–H and O–H groups in total. The van der Waals surface area contributed by atoms with Crippen molar-refractivity contribution >= 4 is 11.9 Å². The average molecular weight is 292 g/mol. The first-order valence-corrected chi connectivity index (χ1v) is 5.83. The van der Waals surface area contributed by atoms with E-state index in [1.54, 1.807) is 6.92 Å². The lowest BCUT2D eigenvalue weighted by Gasteiger charge is -2.17. The second-order valence-electron chi connectivity index (χ2n) is 3.82. The van der Waals surface area contributed by atoms with Crippen molar-refractivity contribution in [1.29, 1.82) is 0 Å². The number of aliphatic hydroxyl groups excluding tert-OH is 4. The molecule has 0 amide bonds. The van der Waals surface area contributed by atoms with Gasteiger partial charge in [-0.15, -0.1) is 0 Å². The minimum absolute atomic E-state index is 0.0875. The second kappa shape index (κ2) is 7.20. The Morgan fingerprint density at radius 2 is 2.00 bits per heavy atom. The van der Waals surface area contributed by atoms with Crippen molar-refractivity contribution in [2.24, 2.45) is 0 Å². The van der Waals surface area contributed by atoms with Gasteiger partial charge in [-0.1, -0.05) is 0 Å². The number of aliphatic hydroxyl groups is 4. The molecule has 1 heterocycles. The molecule has 0 bridgehead atoms. The topological polar surface area (TPSA) is 143 Å². The zero-order valence-electron chi connectivity index (χ0n) is 10.7. The van der Waals surface area contributed by atoms with Crippen molar-refractivity contribution in [3.05, 3.63) is 11.5 Å². The highest BCUT2D eigenvalue weighted by atomic mass is 16.6. The fourth-order valence-corrected chi connectivity index (χ4v) is 1.44. The van der Waals surface area contributed by atoms with E-state index in [4.69, 9.17) is 24.8 Å². The Kier molecular flexibility index (Phi) is 5.89. The molecule has 0 aromatic heterocycles. The van der Waals surface area contributed by atoms with Crippen molar-refractivity contribution in [2.75, 3.05) is 19.8 Å². The molecule has 0 aliphatic carbocycles. The molecule has 1 aliphatic rings. The van der Waals surface area contributed by atoms with Crippen LogP contribution in [-0.4, -0.2) is 70.5 Å². The van der Waals surface area contributed by atoms with Crippen LogP contribution >= 0.6 is 0 Å². The maximum absolute atomic E-state index is 11.6. The number of esters is 2. The van der Waals surface area contributed by atoms with Crippen molar-refractivity contribution in [2.45, 2.75) is 25.2 Å². The molecular formula is C11H16O9. The van der Waals surface area contributed by atoms with Crippen LogP contribution < -0.4 is 0 Å². The fourth-order valence-electron chi connectivity index (χ4n) is 1.44. The van der Waals surface area contributed by atoms with Crippen molar-refractivity contribution in [3.8, 4) is 0 Å². The second-order valence-corrected chi connectivity index (χ2v) is 3.82. The number of cyclic esters (lactones) is 1. The Hall–Kier alpha value is -1.68. The van der Waals surface area contributed by atoms with Crippen LogP contribution in [-0.2, 0) is 23.8 Å². The molecule has 0 spiro atoms. The molecule has 1 aliphatic heterocycles. The largest absolute Gasteiger partial charge is 0.490 e. The summed E-state index contributed by atoms with van der Waals surface area (Å²) in [5.41, 5.74) is 0. The molecule has 1 unspecified atom stereocenters. The van der Waals surface area contributed by atoms with Gasteiger partial charge in [0.25, 0.3) is 5.76 Å². The molecule has 1 rings (SSSR count). The van der Waals surface area contributed by atoms with E-state index in [1.165, 1.54) is 0 Å². The molecule has 9 heteroatoms. The van der Waals surface area contributed by atoms with E-state index in [0.29, 0.717) is 0 Å². The van der Waals surface area contributed by atoms with E-state index in [-0.39, 0.29) is 12.4 Å². The lowest BCUT2D eigenvalue weighted by Crippen LogP contribution is -2.32. The van der Waals surface area contributed by atoms with Crippen LogP contribution in [0.3, 0.4) is 0 Å². The first kappa shape index (κ1) is 16.4. The summed E-state index contributed by atoms with van der Waals surface area (Å²) in [4.78, 5) is 22.9. The highest BCUT2D eigenvalue weighted by Crippen LogP contribution is 2.27. The zero-order valence-corrected chi connectivity index (χ0v) is 10.7. The Balaban J connectivity index is 2.99. The molecule has 9 nitrogen and oxygen atoms in total. The SMILES string of the molecule is CCOC1=C(OC(=O)C(O)CO)C(=O)O[C@@H]1[C@@H](O)CO. The monoisotopic (exact) mass is 292 g/mol. The van der Waals surface area contributed by atoms with Crippen molar-refractivity contribution in [1.82, 2.24) is 0 Å². The predicted molar refractivity (Wildman–Crippen MR) is 60.8 cm³/mol. The first-order valence-electron chi connectivity index (χ1n) is 5.83. The van der Waals surface area contributed by atoms with Gasteiger partial charge in [-0.3, -0.25) is 0 Å². The van der Waals surface area contributed by atoms with Gasteiger partial charge in [0.05, 0.1) is 19.8 Å². The van der Waals surface area contributed by atoms with Gasteiger partial charge in [0.1, 0.15) is 6.10 Å². The van der Waals surface area contributed by atoms with E-state index in [9.17, 15) is 14.7 Å². The highest BCUT2D eigenvalue weighted by molar-refractivity contribution is 5.93. The minimum Gasteiger partial charge on any atom is -0.490 e. The van der Waals surface area contributed by atoms with Crippen LogP contribution in [0, 0.1) is 0 Å². The summed E-state index contributed by atoms with van der Waals surface area (Å²) < 4.78 is 14.4. The Labute approximate surface area is 114 Å². The van der Waals surface area contributed by atoms with E-state index >= 15 is 0 Å². The van der Waals surface area contributed by atoms with Crippen molar-refractivity contribution < 1.29 is 44.2 Å². The molecule has 3 atom stereocenters. The maximum atomic E-state index is 11.6. The van der Waals surface area contributed by atoms with Crippen LogP contribution in [0.25, 0.3) is 0 Å². The van der Waals surface area contributed by atoms with Gasteiger partial charge in [0, 0.05) is 0 Å². The highest BCUT2D eigenvalue weighted by Gasteiger charge is 2.43. The molecule has 114 valence electrons. The summed E-state index contributed by atoms with van der Waals surface area (Å²) in [5.74, 6) is -3.22. The lowest BCUT2D eigenvalue weighted by molar-refractivity contribution is -0.158. The number of carbonyl (C=O) groups is 2. The fraction of sp³-hybridized carbons (Fsp3) is 0.636. The van der Waals surface area contributed by atoms with E-state index in [2.05, 4.69) is 4.74 Å². The molecule has 0 fully saturated rings. The molecule has 0 saturated heterocycles. The van der Waals surface area contributed by atoms with Gasteiger partial charge < -0.3 is 34.6 Å². The van der Waals surface area contributed by atoms with Crippen LogP contribution in [0.2, 0.25) is 0 Å². The number of rotatable bonds is 7. The zero-order chi connectivity index (χ0) is 15.3. The average Bonchev–Trinajstić information content (AvgIpc) is 2.74. The summed E-state index contributed by atoms with van der Waals surface area (Å²) in [6.07, 6.45) is -4.57. The standard InChI is InChI=1S/C11H16O9/c1-2-18-8-7(5(14)3-12)19-11(17)9(8)20-10(16)6(15)4-13/h5-7,12-15H,2-4H2,1H3/t5-,6?,7+/m0/s1. The summed E-state index contributed by atoms with van der Waals surface area (Å²) in [7, 11) is 0. The van der Waals surface area contributed by atoms with Crippen LogP contribution in [0.1, 0.15) is 6.92 Å². The van der Waals surface area contributed by atoms with Gasteiger partial charge in [-0.25, -0.2) is 9.59 Å². The van der Waals surface area contributed by atoms with Gasteiger partial charge in [0.2, 0.25) is 0 Å². The Morgan fingerprint density at radius 3 is 2.50 bits per heavy atom. The smallest absolute Gasteiger partial charge is 0.378 e. The number of hydrogen-bond donors (Lipinski definition) is 4. The molecule has 0 aromatic rings. The van der Waals surface area contributed by atoms with Crippen LogP contribution in [0.5, 0.6) is 0 Å². The van der Waals surface area contributed by atoms with E-state index in [1.807, 2.05) is 0 Å². The summed E-state index contributed by atoms with van der Waals surface area (Å²) in [6.45, 7) is 0.0905. The van der Waals surface area contributed by atoms with Crippen LogP contribution in [0.15, 0.2) is 11.5 Å². The lowest BCUT2D eigenvalue weighted by atomic mass is 10.2. The maximum Gasteiger partial charge on any atom is 0.378 e. The molecule has 20 heavy (non-hydrogen) atoms. The molecule has 0 saturated carbocycles. The van der Waals surface area contributed by atoms with Gasteiger partial charge in [0.15, 0.2) is 18.0 Å². The quantitative estimate of drug-likeness (QED) is 0.372. The van der Waals surface area contributed by atoms with Gasteiger partial charge in [-0.2, -0.15) is 0 Å². The number of ether oxygens (including phenoxy) is 3. The van der Waals surface area contributed by atoms with Crippen LogP contribution in [0.4, 0.5) is 0 Å². The third-order valence-corrected chi connectivity index (χ3v) is 2.39. The van der Waals surface area contributed by atoms with Gasteiger partial charge in [-0.05, 0) is 6.92 Å². The summed E-state index contributed by atoms with van der Waals surface area (Å²) in [6, 6.07) is 0.